The summed E-state index contributed by atoms with van der Waals surface area (Å²) >= 11 is 1.22. The first kappa shape index (κ1) is 25.4. The first-order valence-electron chi connectivity index (χ1n) is 10.0. The number of carbonyl (C=O) groups excluding carboxylic acids is 3. The molecule has 1 aliphatic heterocycles. The summed E-state index contributed by atoms with van der Waals surface area (Å²) in [4.78, 5) is 58.3. The molecule has 11 nitrogen and oxygen atoms in total. The summed E-state index contributed by atoms with van der Waals surface area (Å²) in [5.74, 6) is -3.85. The van der Waals surface area contributed by atoms with Crippen molar-refractivity contribution < 1.29 is 38.9 Å². The number of amides is 2. The van der Waals surface area contributed by atoms with Gasteiger partial charge in [-0.15, -0.1) is 0 Å². The molecule has 0 bridgehead atoms. The minimum Gasteiger partial charge on any atom is -0.480 e. The average Bonchev–Trinajstić information content (AvgIpc) is 3.03. The molecule has 0 saturated carbocycles. The summed E-state index contributed by atoms with van der Waals surface area (Å²) in [5, 5.41) is 22.3. The van der Waals surface area contributed by atoms with Crippen LogP contribution >= 0.6 is 11.8 Å². The van der Waals surface area contributed by atoms with Crippen molar-refractivity contribution in [2.45, 2.75) is 50.8 Å². The van der Waals surface area contributed by atoms with Gasteiger partial charge in [-0.05, 0) is 26.2 Å². The Morgan fingerprint density at radius 1 is 1.31 bits per heavy atom. The van der Waals surface area contributed by atoms with E-state index in [0.717, 1.165) is 24.0 Å². The van der Waals surface area contributed by atoms with Crippen molar-refractivity contribution in [1.29, 1.82) is 0 Å². The molecule has 12 heteroatoms. The predicted octanol–water partition coefficient (Wildman–Crippen LogP) is -0.441. The van der Waals surface area contributed by atoms with Gasteiger partial charge < -0.3 is 31.3 Å². The van der Waals surface area contributed by atoms with Gasteiger partial charge in [0.2, 0.25) is 11.8 Å². The monoisotopic (exact) mass is 469 g/mol. The van der Waals surface area contributed by atoms with Crippen LogP contribution in [-0.2, 0) is 28.7 Å². The van der Waals surface area contributed by atoms with Crippen LogP contribution in [0, 0.1) is 0 Å². The quantitative estimate of drug-likeness (QED) is 0.235. The van der Waals surface area contributed by atoms with Crippen LogP contribution < -0.4 is 16.4 Å². The van der Waals surface area contributed by atoms with Gasteiger partial charge in [-0.2, -0.15) is 11.8 Å². The second-order valence-corrected chi connectivity index (χ2v) is 8.62. The lowest BCUT2D eigenvalue weighted by atomic mass is 9.92. The van der Waals surface area contributed by atoms with Gasteiger partial charge in [0.15, 0.2) is 0 Å². The van der Waals surface area contributed by atoms with Crippen molar-refractivity contribution in [2.24, 2.45) is 5.73 Å². The number of carboxylic acids is 2. The number of fused-ring (bicyclic) bond motifs is 1. The third kappa shape index (κ3) is 7.38. The van der Waals surface area contributed by atoms with E-state index in [2.05, 4.69) is 10.6 Å². The molecule has 0 aromatic carbocycles. The molecule has 0 fully saturated rings. The number of thioether (sulfide) groups is 1. The summed E-state index contributed by atoms with van der Waals surface area (Å²) in [6.45, 7) is 1.36. The van der Waals surface area contributed by atoms with Crippen molar-refractivity contribution in [3.63, 3.8) is 0 Å². The van der Waals surface area contributed by atoms with Crippen LogP contribution in [0.3, 0.4) is 0 Å². The van der Waals surface area contributed by atoms with Crippen molar-refractivity contribution in [1.82, 2.24) is 10.6 Å². The molecule has 0 saturated heterocycles. The fraction of sp³-hybridized carbons (Fsp3) is 0.550. The number of nitrogens with one attached hydrogen (secondary N) is 2. The molecule has 0 spiro atoms. The summed E-state index contributed by atoms with van der Waals surface area (Å²) in [6.07, 6.45) is 2.94. The van der Waals surface area contributed by atoms with Crippen LogP contribution in [0.5, 0.6) is 0 Å². The maximum atomic E-state index is 12.4. The number of hydrogen-bond donors (Lipinski definition) is 5. The van der Waals surface area contributed by atoms with Gasteiger partial charge in [0.05, 0.1) is 5.57 Å². The number of esters is 1. The Morgan fingerprint density at radius 3 is 2.69 bits per heavy atom. The Bertz CT molecular complexity index is 854. The number of ether oxygens (including phenoxy) is 1. The summed E-state index contributed by atoms with van der Waals surface area (Å²) in [7, 11) is 0. The number of allylic oxidation sites excluding steroid dienone is 1. The summed E-state index contributed by atoms with van der Waals surface area (Å²) in [5.41, 5.74) is 7.88. The average molecular weight is 470 g/mol. The van der Waals surface area contributed by atoms with E-state index in [9.17, 15) is 24.0 Å². The van der Waals surface area contributed by atoms with Crippen molar-refractivity contribution in [3.05, 3.63) is 22.8 Å². The van der Waals surface area contributed by atoms with Gasteiger partial charge in [0.25, 0.3) is 0 Å². The van der Waals surface area contributed by atoms with E-state index >= 15 is 0 Å². The maximum Gasteiger partial charge on any atom is 0.335 e. The van der Waals surface area contributed by atoms with Gasteiger partial charge in [0.1, 0.15) is 24.7 Å². The lowest BCUT2D eigenvalue weighted by Gasteiger charge is -2.18. The van der Waals surface area contributed by atoms with E-state index in [1.807, 2.05) is 13.0 Å². The molecular weight excluding hydrogens is 442 g/mol. The number of carbonyl (C=O) groups is 5. The van der Waals surface area contributed by atoms with Crippen molar-refractivity contribution in [2.75, 3.05) is 18.1 Å². The van der Waals surface area contributed by atoms with E-state index in [1.165, 1.54) is 11.8 Å². The fourth-order valence-corrected chi connectivity index (χ4v) is 4.31. The third-order valence-electron chi connectivity index (χ3n) is 4.99. The van der Waals surface area contributed by atoms with Crippen LogP contribution in [-0.4, -0.2) is 76.2 Å². The van der Waals surface area contributed by atoms with Crippen LogP contribution in [0.4, 0.5) is 0 Å². The van der Waals surface area contributed by atoms with E-state index in [4.69, 9.17) is 20.7 Å². The highest BCUT2D eigenvalue weighted by molar-refractivity contribution is 7.99. The molecular formula is C20H27N3O8S. The number of hydrogen-bond acceptors (Lipinski definition) is 8. The fourth-order valence-electron chi connectivity index (χ4n) is 3.23. The number of carboxylic acid groups (broad SMARTS) is 2. The maximum absolute atomic E-state index is 12.4. The predicted molar refractivity (Wildman–Crippen MR) is 115 cm³/mol. The highest BCUT2D eigenvalue weighted by Gasteiger charge is 2.34. The Labute approximate surface area is 188 Å². The lowest BCUT2D eigenvalue weighted by molar-refractivity contribution is -0.140. The van der Waals surface area contributed by atoms with Gasteiger partial charge in [-0.25, -0.2) is 4.79 Å². The highest BCUT2D eigenvalue weighted by atomic mass is 32.2. The molecule has 32 heavy (non-hydrogen) atoms. The Balaban J connectivity index is 1.99. The molecule has 0 radical (unpaired) electrons. The molecule has 3 atom stereocenters. The smallest absolute Gasteiger partial charge is 0.335 e. The van der Waals surface area contributed by atoms with Crippen LogP contribution in [0.1, 0.15) is 32.6 Å². The van der Waals surface area contributed by atoms with Crippen LogP contribution in [0.2, 0.25) is 0 Å². The minimum atomic E-state index is -1.24. The van der Waals surface area contributed by atoms with E-state index in [-0.39, 0.29) is 30.5 Å². The summed E-state index contributed by atoms with van der Waals surface area (Å²) in [6, 6.07) is -2.29. The topological polar surface area (TPSA) is 185 Å². The molecule has 0 aromatic rings. The van der Waals surface area contributed by atoms with Crippen molar-refractivity contribution >= 4 is 41.5 Å². The van der Waals surface area contributed by atoms with E-state index in [0.29, 0.717) is 5.57 Å². The molecule has 1 unspecified atom stereocenters. The molecule has 1 heterocycles. The van der Waals surface area contributed by atoms with Crippen molar-refractivity contribution in [3.8, 4) is 0 Å². The second kappa shape index (κ2) is 11.7. The van der Waals surface area contributed by atoms with Crippen LogP contribution in [0.15, 0.2) is 22.8 Å². The first-order valence-corrected chi connectivity index (χ1v) is 11.2. The first-order chi connectivity index (χ1) is 15.1. The second-order valence-electron chi connectivity index (χ2n) is 7.59. The SMILES string of the molecule is CC1=CC2=C(CSC[C@H](NC(=O)CC[C@H](N)C(=O)O)C(=O)NCC(=O)O)C(=O)OC2CC1. The zero-order valence-electron chi connectivity index (χ0n) is 17.6. The standard InChI is InChI=1S/C20H27N3O8S/c1-10-2-4-15-11(6-10)12(20(30)31-15)8-32-9-14(18(27)22-7-17(25)26)23-16(24)5-3-13(21)19(28)29/h6,13-15H,2-5,7-9,21H2,1H3,(H,22,27)(H,23,24)(H,25,26)(H,28,29)/t13-,14-,15?/m0/s1. The summed E-state index contributed by atoms with van der Waals surface area (Å²) < 4.78 is 5.39. The highest BCUT2D eigenvalue weighted by Crippen LogP contribution is 2.34. The molecule has 0 aromatic heterocycles. The largest absolute Gasteiger partial charge is 0.480 e. The van der Waals surface area contributed by atoms with Gasteiger partial charge in [-0.3, -0.25) is 19.2 Å². The molecule has 2 amide bonds. The van der Waals surface area contributed by atoms with E-state index in [1.54, 1.807) is 0 Å². The number of rotatable bonds is 12. The molecule has 2 rings (SSSR count). The molecule has 2 aliphatic rings. The third-order valence-corrected chi connectivity index (χ3v) is 6.05. The Hall–Kier alpha value is -2.86. The van der Waals surface area contributed by atoms with Gasteiger partial charge in [0, 0.05) is 23.5 Å². The lowest BCUT2D eigenvalue weighted by Crippen LogP contribution is -2.49. The normalized spacial score (nSPS) is 19.4. The zero-order valence-corrected chi connectivity index (χ0v) is 18.4. The Morgan fingerprint density at radius 2 is 2.03 bits per heavy atom. The molecule has 1 aliphatic carbocycles. The molecule has 6 N–H and O–H groups in total. The van der Waals surface area contributed by atoms with Gasteiger partial charge in [-0.1, -0.05) is 11.6 Å². The number of aliphatic carboxylic acids is 2. The zero-order chi connectivity index (χ0) is 23.8. The van der Waals surface area contributed by atoms with Gasteiger partial charge >= 0.3 is 17.9 Å². The minimum absolute atomic E-state index is 0.0690. The Kier molecular flexibility index (Phi) is 9.27. The van der Waals surface area contributed by atoms with E-state index < -0.39 is 48.4 Å². The molecule has 176 valence electrons. The number of nitrogens with two attached hydrogens (primary N) is 1. The van der Waals surface area contributed by atoms with Crippen LogP contribution in [0.25, 0.3) is 0 Å².